The van der Waals surface area contributed by atoms with Crippen molar-refractivity contribution in [2.45, 2.75) is 117 Å². The van der Waals surface area contributed by atoms with Crippen LogP contribution in [0.3, 0.4) is 0 Å². The molecular formula is C36H50O. The van der Waals surface area contributed by atoms with Crippen molar-refractivity contribution in [2.75, 3.05) is 0 Å². The van der Waals surface area contributed by atoms with Crippen LogP contribution in [0.5, 0.6) is 5.75 Å². The van der Waals surface area contributed by atoms with E-state index in [0.29, 0.717) is 5.75 Å². The smallest absolute Gasteiger partial charge is 0.119 e. The molecule has 3 aromatic carbocycles. The van der Waals surface area contributed by atoms with Gasteiger partial charge in [0.2, 0.25) is 0 Å². The Morgan fingerprint density at radius 1 is 0.541 bits per heavy atom. The minimum absolute atomic E-state index is 0.0203. The largest absolute Gasteiger partial charge is 0.508 e. The van der Waals surface area contributed by atoms with Gasteiger partial charge in [0, 0.05) is 0 Å². The molecule has 37 heavy (non-hydrogen) atoms. The molecule has 1 nitrogen and oxygen atoms in total. The number of unbranched alkanes of at least 4 members (excludes halogenated alkanes) is 4. The number of aryl methyl sites for hydroxylation is 2. The number of benzene rings is 3. The van der Waals surface area contributed by atoms with Gasteiger partial charge in [0.15, 0.2) is 0 Å². The van der Waals surface area contributed by atoms with E-state index in [2.05, 4.69) is 96.1 Å². The second kappa shape index (κ2) is 13.3. The lowest BCUT2D eigenvalue weighted by atomic mass is 9.72. The average Bonchev–Trinajstić information content (AvgIpc) is 2.87. The molecule has 0 saturated heterocycles. The molecule has 200 valence electrons. The molecule has 0 spiro atoms. The van der Waals surface area contributed by atoms with Crippen molar-refractivity contribution in [3.05, 3.63) is 100 Å². The van der Waals surface area contributed by atoms with E-state index in [1.807, 2.05) is 12.1 Å². The fourth-order valence-corrected chi connectivity index (χ4v) is 6.03. The van der Waals surface area contributed by atoms with Crippen LogP contribution in [-0.2, 0) is 36.5 Å². The molecule has 0 aliphatic rings. The monoisotopic (exact) mass is 498 g/mol. The maximum Gasteiger partial charge on any atom is 0.119 e. The van der Waals surface area contributed by atoms with Crippen molar-refractivity contribution >= 4 is 0 Å². The van der Waals surface area contributed by atoms with Gasteiger partial charge in [-0.25, -0.2) is 0 Å². The molecule has 0 fully saturated rings. The first-order valence-corrected chi connectivity index (χ1v) is 14.7. The third-order valence-corrected chi connectivity index (χ3v) is 8.09. The van der Waals surface area contributed by atoms with Crippen LogP contribution < -0.4 is 0 Å². The molecule has 0 heterocycles. The summed E-state index contributed by atoms with van der Waals surface area (Å²) in [6.07, 6.45) is 11.5. The normalized spacial score (nSPS) is 12.2. The first-order chi connectivity index (χ1) is 17.7. The van der Waals surface area contributed by atoms with Gasteiger partial charge >= 0.3 is 0 Å². The SMILES string of the molecule is CCCCCc1ccccc1C(C)(C)Cc1cccc(O)c1CC(C)(C)c1ccccc1CCCCC. The maximum atomic E-state index is 11.1. The molecule has 3 rings (SSSR count). The molecule has 1 heteroatoms. The molecule has 0 atom stereocenters. The van der Waals surface area contributed by atoms with Crippen molar-refractivity contribution in [1.29, 1.82) is 0 Å². The lowest BCUT2D eigenvalue weighted by Gasteiger charge is -2.32. The van der Waals surface area contributed by atoms with Gasteiger partial charge < -0.3 is 5.11 Å². The molecule has 0 aliphatic carbocycles. The molecule has 0 aromatic heterocycles. The zero-order chi connectivity index (χ0) is 26.9. The van der Waals surface area contributed by atoms with Gasteiger partial charge in [0.05, 0.1) is 0 Å². The summed E-state index contributed by atoms with van der Waals surface area (Å²) in [5, 5.41) is 11.1. The fourth-order valence-electron chi connectivity index (χ4n) is 6.03. The van der Waals surface area contributed by atoms with E-state index in [1.165, 1.54) is 66.3 Å². The zero-order valence-corrected chi connectivity index (χ0v) is 24.4. The van der Waals surface area contributed by atoms with E-state index in [1.54, 1.807) is 0 Å². The zero-order valence-electron chi connectivity index (χ0n) is 24.4. The van der Waals surface area contributed by atoms with Crippen molar-refractivity contribution < 1.29 is 5.11 Å². The standard InChI is InChI=1S/C36H50O/c1-7-9-11-18-28-20-13-15-23-32(28)35(3,4)26-30-22-17-25-34(37)31(30)27-36(5,6)33-24-16-14-21-29(33)19-12-10-8-2/h13-17,20-25,37H,7-12,18-19,26-27H2,1-6H3. The van der Waals surface area contributed by atoms with Gasteiger partial charge in [-0.2, -0.15) is 0 Å². The highest BCUT2D eigenvalue weighted by atomic mass is 16.3. The van der Waals surface area contributed by atoms with Crippen molar-refractivity contribution in [3.8, 4) is 5.75 Å². The second-order valence-corrected chi connectivity index (χ2v) is 12.3. The highest BCUT2D eigenvalue weighted by Gasteiger charge is 2.29. The second-order valence-electron chi connectivity index (χ2n) is 12.3. The minimum Gasteiger partial charge on any atom is -0.508 e. The van der Waals surface area contributed by atoms with Gasteiger partial charge in [0.25, 0.3) is 0 Å². The lowest BCUT2D eigenvalue weighted by molar-refractivity contribution is 0.442. The lowest BCUT2D eigenvalue weighted by Crippen LogP contribution is -2.26. The Hall–Kier alpha value is -2.54. The summed E-state index contributed by atoms with van der Waals surface area (Å²) in [5.41, 5.74) is 8.08. The molecule has 0 amide bonds. The third kappa shape index (κ3) is 7.73. The van der Waals surface area contributed by atoms with Gasteiger partial charge in [-0.15, -0.1) is 0 Å². The number of hydrogen-bond acceptors (Lipinski definition) is 1. The molecular weight excluding hydrogens is 448 g/mol. The Balaban J connectivity index is 1.90. The van der Waals surface area contributed by atoms with Crippen molar-refractivity contribution in [1.82, 2.24) is 0 Å². The number of aromatic hydroxyl groups is 1. The molecule has 0 saturated carbocycles. The van der Waals surface area contributed by atoms with E-state index < -0.39 is 0 Å². The van der Waals surface area contributed by atoms with Gasteiger partial charge in [-0.1, -0.05) is 128 Å². The fraction of sp³-hybridized carbons (Fsp3) is 0.500. The van der Waals surface area contributed by atoms with Gasteiger partial charge in [-0.3, -0.25) is 0 Å². The van der Waals surface area contributed by atoms with Crippen LogP contribution in [0, 0.1) is 0 Å². The first-order valence-electron chi connectivity index (χ1n) is 14.7. The highest BCUT2D eigenvalue weighted by Crippen LogP contribution is 2.38. The highest BCUT2D eigenvalue weighted by molar-refractivity contribution is 5.45. The van der Waals surface area contributed by atoms with Crippen LogP contribution >= 0.6 is 0 Å². The van der Waals surface area contributed by atoms with Crippen LogP contribution in [0.4, 0.5) is 0 Å². The van der Waals surface area contributed by atoms with Crippen LogP contribution in [0.25, 0.3) is 0 Å². The van der Waals surface area contributed by atoms with Gasteiger partial charge in [-0.05, 0) is 88.8 Å². The topological polar surface area (TPSA) is 20.2 Å². The van der Waals surface area contributed by atoms with Crippen molar-refractivity contribution in [2.24, 2.45) is 0 Å². The van der Waals surface area contributed by atoms with Crippen LogP contribution in [0.15, 0.2) is 66.7 Å². The number of hydrogen-bond donors (Lipinski definition) is 1. The Labute approximate surface area is 227 Å². The minimum atomic E-state index is -0.0708. The van der Waals surface area contributed by atoms with E-state index >= 15 is 0 Å². The predicted molar refractivity (Wildman–Crippen MR) is 161 cm³/mol. The summed E-state index contributed by atoms with van der Waals surface area (Å²) in [5.74, 6) is 0.432. The quantitative estimate of drug-likeness (QED) is 0.219. The third-order valence-electron chi connectivity index (χ3n) is 8.09. The Bertz CT molecular complexity index is 1120. The molecule has 0 unspecified atom stereocenters. The van der Waals surface area contributed by atoms with Crippen LogP contribution in [0.2, 0.25) is 0 Å². The first kappa shape index (κ1) is 29.0. The molecule has 3 aromatic rings. The van der Waals surface area contributed by atoms with Crippen LogP contribution in [-0.4, -0.2) is 5.11 Å². The van der Waals surface area contributed by atoms with Gasteiger partial charge in [0.1, 0.15) is 5.75 Å². The summed E-state index contributed by atoms with van der Waals surface area (Å²) < 4.78 is 0. The Kier molecular flexibility index (Phi) is 10.4. The number of phenols is 1. The van der Waals surface area contributed by atoms with Crippen molar-refractivity contribution in [3.63, 3.8) is 0 Å². The van der Waals surface area contributed by atoms with E-state index in [0.717, 1.165) is 31.2 Å². The summed E-state index contributed by atoms with van der Waals surface area (Å²) in [4.78, 5) is 0. The van der Waals surface area contributed by atoms with Crippen LogP contribution in [0.1, 0.15) is 113 Å². The Morgan fingerprint density at radius 2 is 1.00 bits per heavy atom. The molecule has 0 radical (unpaired) electrons. The predicted octanol–water partition coefficient (Wildman–Crippen LogP) is 9.90. The summed E-state index contributed by atoms with van der Waals surface area (Å²) >= 11 is 0. The van der Waals surface area contributed by atoms with E-state index in [-0.39, 0.29) is 10.8 Å². The maximum absolute atomic E-state index is 11.1. The molecule has 0 aliphatic heterocycles. The average molecular weight is 499 g/mol. The summed E-state index contributed by atoms with van der Waals surface area (Å²) in [7, 11) is 0. The number of rotatable bonds is 14. The Morgan fingerprint density at radius 3 is 1.51 bits per heavy atom. The number of phenolic OH excluding ortho intramolecular Hbond substituents is 1. The summed E-state index contributed by atoms with van der Waals surface area (Å²) in [6.45, 7) is 14.0. The van der Waals surface area contributed by atoms with E-state index in [9.17, 15) is 5.11 Å². The summed E-state index contributed by atoms with van der Waals surface area (Å²) in [6, 6.07) is 24.1. The molecule has 0 bridgehead atoms. The molecule has 1 N–H and O–H groups in total. The van der Waals surface area contributed by atoms with E-state index in [4.69, 9.17) is 0 Å².